The lowest BCUT2D eigenvalue weighted by atomic mass is 9.93. The second kappa shape index (κ2) is 10.3. The summed E-state index contributed by atoms with van der Waals surface area (Å²) in [4.78, 5) is 18.3. The molecule has 1 aliphatic rings. The molecule has 4 rings (SSSR count). The van der Waals surface area contributed by atoms with E-state index in [0.29, 0.717) is 19.0 Å². The number of piperidine rings is 1. The highest BCUT2D eigenvalue weighted by molar-refractivity contribution is 5.79. The number of ether oxygens (including phenoxy) is 1. The first-order valence-electron chi connectivity index (χ1n) is 11.1. The fraction of sp³-hybridized carbons (Fsp3) is 0.400. The molecule has 7 heteroatoms. The van der Waals surface area contributed by atoms with Gasteiger partial charge in [-0.05, 0) is 49.2 Å². The van der Waals surface area contributed by atoms with Crippen molar-refractivity contribution < 1.29 is 9.53 Å². The average Bonchev–Trinajstić information content (AvgIpc) is 3.17. The van der Waals surface area contributed by atoms with Crippen molar-refractivity contribution in [1.82, 2.24) is 25.0 Å². The van der Waals surface area contributed by atoms with Gasteiger partial charge < -0.3 is 10.1 Å². The van der Waals surface area contributed by atoms with Crippen LogP contribution in [0.1, 0.15) is 36.9 Å². The highest BCUT2D eigenvalue weighted by Gasteiger charge is 2.26. The molecular weight excluding hydrogens is 402 g/mol. The molecule has 1 saturated heterocycles. The summed E-state index contributed by atoms with van der Waals surface area (Å²) in [5.74, 6) is 3.63. The zero-order valence-electron chi connectivity index (χ0n) is 18.5. The maximum Gasteiger partial charge on any atom is 0.216 e. The molecule has 0 aliphatic carbocycles. The van der Waals surface area contributed by atoms with E-state index in [1.54, 1.807) is 6.20 Å². The maximum absolute atomic E-state index is 11.2. The van der Waals surface area contributed by atoms with Gasteiger partial charge in [-0.1, -0.05) is 18.1 Å². The van der Waals surface area contributed by atoms with E-state index in [0.717, 1.165) is 55.0 Å². The smallest absolute Gasteiger partial charge is 0.216 e. The van der Waals surface area contributed by atoms with Gasteiger partial charge in [0.05, 0.1) is 12.2 Å². The third-order valence-electron chi connectivity index (χ3n) is 5.75. The van der Waals surface area contributed by atoms with Crippen molar-refractivity contribution in [3.63, 3.8) is 0 Å². The lowest BCUT2D eigenvalue weighted by Gasteiger charge is -2.32. The van der Waals surface area contributed by atoms with Crippen molar-refractivity contribution in [2.75, 3.05) is 26.2 Å². The molecule has 166 valence electrons. The van der Waals surface area contributed by atoms with Gasteiger partial charge in [-0.3, -0.25) is 9.69 Å². The summed E-state index contributed by atoms with van der Waals surface area (Å²) in [5.41, 5.74) is 3.20. The van der Waals surface area contributed by atoms with Gasteiger partial charge in [-0.15, -0.1) is 6.42 Å². The summed E-state index contributed by atoms with van der Waals surface area (Å²) in [6, 6.07) is 12.2. The van der Waals surface area contributed by atoms with E-state index in [9.17, 15) is 4.79 Å². The first kappa shape index (κ1) is 21.8. The summed E-state index contributed by atoms with van der Waals surface area (Å²) in [6.45, 7) is 5.82. The molecule has 3 aromatic rings. The molecule has 1 amide bonds. The number of benzene rings is 1. The Morgan fingerprint density at radius 1 is 1.34 bits per heavy atom. The van der Waals surface area contributed by atoms with Crippen LogP contribution in [0.2, 0.25) is 0 Å². The minimum absolute atomic E-state index is 0.0358. The number of likely N-dealkylation sites (tertiary alicyclic amines) is 1. The quantitative estimate of drug-likeness (QED) is 0.555. The van der Waals surface area contributed by atoms with Gasteiger partial charge >= 0.3 is 0 Å². The minimum Gasteiger partial charge on any atom is -0.481 e. The topological polar surface area (TPSA) is 72.3 Å². The van der Waals surface area contributed by atoms with Crippen LogP contribution in [0.5, 0.6) is 5.75 Å². The lowest BCUT2D eigenvalue weighted by Crippen LogP contribution is -2.34. The lowest BCUT2D eigenvalue weighted by molar-refractivity contribution is -0.118. The van der Waals surface area contributed by atoms with Gasteiger partial charge in [-0.25, -0.2) is 9.67 Å². The van der Waals surface area contributed by atoms with Crippen LogP contribution in [0.4, 0.5) is 0 Å². The molecule has 3 heterocycles. The van der Waals surface area contributed by atoms with Crippen molar-refractivity contribution in [2.24, 2.45) is 0 Å². The number of carbonyl (C=O) groups is 1. The van der Waals surface area contributed by atoms with Crippen LogP contribution in [0.25, 0.3) is 11.0 Å². The molecule has 1 aromatic carbocycles. The van der Waals surface area contributed by atoms with Gasteiger partial charge in [-0.2, -0.15) is 5.10 Å². The molecule has 32 heavy (non-hydrogen) atoms. The Balaban J connectivity index is 1.48. The van der Waals surface area contributed by atoms with Crippen LogP contribution in [0, 0.1) is 12.3 Å². The van der Waals surface area contributed by atoms with E-state index in [-0.39, 0.29) is 12.5 Å². The normalized spacial score (nSPS) is 16.6. The highest BCUT2D eigenvalue weighted by Crippen LogP contribution is 2.31. The number of pyridine rings is 1. The molecule has 1 N–H and O–H groups in total. The number of hydrogen-bond acceptors (Lipinski definition) is 5. The second-order valence-corrected chi connectivity index (χ2v) is 8.18. The van der Waals surface area contributed by atoms with E-state index >= 15 is 0 Å². The van der Waals surface area contributed by atoms with Crippen LogP contribution in [0.15, 0.2) is 42.6 Å². The molecule has 0 radical (unpaired) electrons. The van der Waals surface area contributed by atoms with Gasteiger partial charge in [0, 0.05) is 44.1 Å². The Hall–Kier alpha value is -3.37. The molecule has 7 nitrogen and oxygen atoms in total. The predicted octanol–water partition coefficient (Wildman–Crippen LogP) is 2.96. The van der Waals surface area contributed by atoms with Gasteiger partial charge in [0.25, 0.3) is 0 Å². The van der Waals surface area contributed by atoms with Crippen molar-refractivity contribution in [3.05, 3.63) is 53.9 Å². The van der Waals surface area contributed by atoms with Crippen LogP contribution < -0.4 is 10.1 Å². The number of rotatable bonds is 8. The highest BCUT2D eigenvalue weighted by atomic mass is 16.5. The Morgan fingerprint density at radius 3 is 3.09 bits per heavy atom. The van der Waals surface area contributed by atoms with E-state index in [2.05, 4.69) is 39.3 Å². The van der Waals surface area contributed by atoms with Crippen molar-refractivity contribution in [1.29, 1.82) is 0 Å². The fourth-order valence-corrected chi connectivity index (χ4v) is 4.37. The molecule has 2 aromatic heterocycles. The third-order valence-corrected chi connectivity index (χ3v) is 5.75. The largest absolute Gasteiger partial charge is 0.481 e. The van der Waals surface area contributed by atoms with E-state index in [4.69, 9.17) is 16.3 Å². The van der Waals surface area contributed by atoms with Crippen molar-refractivity contribution in [2.45, 2.75) is 38.8 Å². The van der Waals surface area contributed by atoms with Crippen LogP contribution in [-0.2, 0) is 17.9 Å². The van der Waals surface area contributed by atoms with Gasteiger partial charge in [0.15, 0.2) is 5.65 Å². The number of aromatic nitrogens is 3. The summed E-state index contributed by atoms with van der Waals surface area (Å²) in [6.07, 6.45) is 9.33. The molecule has 0 unspecified atom stereocenters. The zero-order valence-corrected chi connectivity index (χ0v) is 18.5. The number of fused-ring (bicyclic) bond motifs is 1. The SMILES string of the molecule is C#CCOc1cccc(CN2CCC[C@@H](c3nn(CCNC(C)=O)c4ncccc34)C2)c1. The average molecular weight is 432 g/mol. The Morgan fingerprint density at radius 2 is 2.25 bits per heavy atom. The van der Waals surface area contributed by atoms with E-state index < -0.39 is 0 Å². The first-order chi connectivity index (χ1) is 15.6. The first-order valence-corrected chi connectivity index (χ1v) is 11.1. The Bertz CT molecular complexity index is 1120. The van der Waals surface area contributed by atoms with Crippen LogP contribution in [-0.4, -0.2) is 51.8 Å². The predicted molar refractivity (Wildman–Crippen MR) is 124 cm³/mol. The third kappa shape index (κ3) is 5.27. The molecule has 1 aliphatic heterocycles. The standard InChI is InChI=1S/C25H29N5O2/c1-3-15-32-22-9-4-7-20(16-22)17-29-13-6-8-21(18-29)24-23-10-5-11-27-25(23)30(28-24)14-12-26-19(2)31/h1,4-5,7,9-11,16,21H,6,8,12-15,17-18H2,2H3,(H,26,31)/t21-/m1/s1. The number of hydrogen-bond donors (Lipinski definition) is 1. The minimum atomic E-state index is -0.0358. The molecule has 0 bridgehead atoms. The maximum atomic E-state index is 11.2. The van der Waals surface area contributed by atoms with Crippen molar-refractivity contribution >= 4 is 16.9 Å². The molecule has 0 saturated carbocycles. The summed E-state index contributed by atoms with van der Waals surface area (Å²) in [5, 5.41) is 8.88. The number of carbonyl (C=O) groups excluding carboxylic acids is 1. The van der Waals surface area contributed by atoms with Gasteiger partial charge in [0.1, 0.15) is 12.4 Å². The monoisotopic (exact) mass is 431 g/mol. The Kier molecular flexibility index (Phi) is 7.03. The summed E-state index contributed by atoms with van der Waals surface area (Å²) < 4.78 is 7.50. The van der Waals surface area contributed by atoms with Crippen LogP contribution in [0.3, 0.4) is 0 Å². The van der Waals surface area contributed by atoms with Crippen molar-refractivity contribution in [3.8, 4) is 18.1 Å². The number of amides is 1. The van der Waals surface area contributed by atoms with Crippen LogP contribution >= 0.6 is 0 Å². The second-order valence-electron chi connectivity index (χ2n) is 8.18. The number of terminal acetylenes is 1. The molecular formula is C25H29N5O2. The van der Waals surface area contributed by atoms with E-state index in [1.165, 1.54) is 12.5 Å². The summed E-state index contributed by atoms with van der Waals surface area (Å²) in [7, 11) is 0. The zero-order chi connectivity index (χ0) is 22.3. The molecule has 1 atom stereocenters. The van der Waals surface area contributed by atoms with E-state index in [1.807, 2.05) is 22.9 Å². The fourth-order valence-electron chi connectivity index (χ4n) is 4.37. The van der Waals surface area contributed by atoms with Gasteiger partial charge in [0.2, 0.25) is 5.91 Å². The summed E-state index contributed by atoms with van der Waals surface area (Å²) >= 11 is 0. The molecule has 0 spiro atoms. The Labute approximate surface area is 188 Å². The molecule has 1 fully saturated rings. The number of nitrogens with zero attached hydrogens (tertiary/aromatic N) is 4. The number of nitrogens with one attached hydrogen (secondary N) is 1.